The molecule has 1 aromatic carbocycles. The topological polar surface area (TPSA) is 104 Å². The van der Waals surface area contributed by atoms with Crippen LogP contribution in [0.4, 0.5) is 4.79 Å². The molecule has 9 heteroatoms. The molecular weight excluding hydrogens is 494 g/mol. The third kappa shape index (κ3) is 5.10. The number of phenolic OH excluding ortho intramolecular Hbond substituents is 1. The van der Waals surface area contributed by atoms with Gasteiger partial charge in [-0.05, 0) is 95.7 Å². The fourth-order valence-electron chi connectivity index (χ4n) is 6.30. The van der Waals surface area contributed by atoms with Gasteiger partial charge in [-0.25, -0.2) is 9.78 Å². The molecule has 2 N–H and O–H groups in total. The van der Waals surface area contributed by atoms with Crippen LogP contribution in [0.5, 0.6) is 5.75 Å². The summed E-state index contributed by atoms with van der Waals surface area (Å²) in [7, 11) is 0. The number of fused-ring (bicyclic) bond motifs is 1. The summed E-state index contributed by atoms with van der Waals surface area (Å²) >= 11 is 0. The van der Waals surface area contributed by atoms with Crippen molar-refractivity contribution in [3.05, 3.63) is 41.6 Å². The van der Waals surface area contributed by atoms with Crippen LogP contribution < -0.4 is 0 Å². The summed E-state index contributed by atoms with van der Waals surface area (Å²) in [5.74, 6) is 0.225. The molecule has 1 saturated carbocycles. The normalized spacial score (nSPS) is 22.3. The van der Waals surface area contributed by atoms with E-state index in [0.717, 1.165) is 67.6 Å². The average Bonchev–Trinajstić information content (AvgIpc) is 3.57. The molecule has 4 heterocycles. The van der Waals surface area contributed by atoms with E-state index >= 15 is 0 Å². The lowest BCUT2D eigenvalue weighted by atomic mass is 9.89. The first-order chi connectivity index (χ1) is 18.6. The van der Waals surface area contributed by atoms with Crippen LogP contribution in [0, 0.1) is 6.92 Å². The largest absolute Gasteiger partial charge is 0.508 e. The van der Waals surface area contributed by atoms with Crippen LogP contribution in [0.15, 0.2) is 30.3 Å². The van der Waals surface area contributed by atoms with Crippen molar-refractivity contribution in [1.29, 1.82) is 0 Å². The molecule has 0 bridgehead atoms. The summed E-state index contributed by atoms with van der Waals surface area (Å²) < 4.78 is 12.2. The zero-order valence-corrected chi connectivity index (χ0v) is 23.4. The van der Waals surface area contributed by atoms with E-state index in [-0.39, 0.29) is 29.5 Å². The number of aryl methyl sites for hydroxylation is 1. The predicted molar refractivity (Wildman–Crippen MR) is 149 cm³/mol. The van der Waals surface area contributed by atoms with E-state index in [2.05, 4.69) is 21.2 Å². The van der Waals surface area contributed by atoms with Gasteiger partial charge in [-0.15, -0.1) is 0 Å². The number of pyridine rings is 1. The van der Waals surface area contributed by atoms with Crippen molar-refractivity contribution >= 4 is 17.1 Å². The first kappa shape index (κ1) is 26.1. The summed E-state index contributed by atoms with van der Waals surface area (Å²) in [4.78, 5) is 22.4. The molecular formula is C30H39N5O4. The van der Waals surface area contributed by atoms with E-state index in [4.69, 9.17) is 14.5 Å². The highest BCUT2D eigenvalue weighted by atomic mass is 16.6. The Morgan fingerprint density at radius 3 is 2.64 bits per heavy atom. The van der Waals surface area contributed by atoms with Gasteiger partial charge in [-0.3, -0.25) is 10.00 Å². The number of benzene rings is 1. The molecule has 2 saturated heterocycles. The van der Waals surface area contributed by atoms with Crippen molar-refractivity contribution in [2.24, 2.45) is 0 Å². The Balaban J connectivity index is 1.42. The van der Waals surface area contributed by atoms with Crippen LogP contribution in [0.1, 0.15) is 70.2 Å². The van der Waals surface area contributed by atoms with Gasteiger partial charge >= 0.3 is 6.09 Å². The zero-order valence-electron chi connectivity index (χ0n) is 23.4. The highest BCUT2D eigenvalue weighted by molar-refractivity contribution is 5.85. The Hall–Kier alpha value is -3.17. The molecule has 6 rings (SSSR count). The highest BCUT2D eigenvalue weighted by Crippen LogP contribution is 2.51. The molecule has 0 radical (unpaired) electrons. The zero-order chi connectivity index (χ0) is 27.4. The third-order valence-electron chi connectivity index (χ3n) is 8.30. The van der Waals surface area contributed by atoms with E-state index in [1.807, 2.05) is 44.7 Å². The SMILES string of the molecule is Cc1[nH]nc2nc(-c3ccc(O)cc3)cc(C(C3CCCCO3)N3CCN(C(=O)OC(C)(C)C)CC34CC4)c12. The number of carbonyl (C=O) groups is 1. The van der Waals surface area contributed by atoms with Crippen molar-refractivity contribution in [3.63, 3.8) is 0 Å². The van der Waals surface area contributed by atoms with Gasteiger partial charge in [0.1, 0.15) is 11.4 Å². The van der Waals surface area contributed by atoms with Gasteiger partial charge in [0.2, 0.25) is 0 Å². The number of aromatic nitrogens is 3. The van der Waals surface area contributed by atoms with Crippen molar-refractivity contribution < 1.29 is 19.4 Å². The molecule has 2 unspecified atom stereocenters. The van der Waals surface area contributed by atoms with E-state index in [0.29, 0.717) is 18.7 Å². The minimum absolute atomic E-state index is 0.00579. The van der Waals surface area contributed by atoms with E-state index in [9.17, 15) is 9.90 Å². The van der Waals surface area contributed by atoms with Crippen LogP contribution in [-0.2, 0) is 9.47 Å². The third-order valence-corrected chi connectivity index (χ3v) is 8.30. The van der Waals surface area contributed by atoms with Gasteiger partial charge in [0.05, 0.1) is 17.8 Å². The van der Waals surface area contributed by atoms with Gasteiger partial charge < -0.3 is 19.5 Å². The van der Waals surface area contributed by atoms with Gasteiger partial charge in [0.25, 0.3) is 0 Å². The van der Waals surface area contributed by atoms with Gasteiger partial charge in [-0.1, -0.05) is 0 Å². The molecule has 2 atom stereocenters. The standard InChI is InChI=1S/C30H39N5O4/c1-19-25-22(17-23(31-27(25)33-32-19)20-8-10-21(36)11-9-20)26(24-7-5-6-16-38-24)35-15-14-34(18-30(35)12-13-30)28(37)39-29(2,3)4/h8-11,17,24,26,36H,5-7,12-16,18H2,1-4H3,(H,31,32,33). The molecule has 39 heavy (non-hydrogen) atoms. The molecule has 3 aromatic rings. The monoisotopic (exact) mass is 533 g/mol. The lowest BCUT2D eigenvalue weighted by Crippen LogP contribution is -2.59. The first-order valence-electron chi connectivity index (χ1n) is 14.1. The quantitative estimate of drug-likeness (QED) is 0.467. The number of aromatic amines is 1. The Morgan fingerprint density at radius 2 is 1.97 bits per heavy atom. The van der Waals surface area contributed by atoms with Crippen molar-refractivity contribution in [3.8, 4) is 17.0 Å². The minimum Gasteiger partial charge on any atom is -0.508 e. The summed E-state index contributed by atoms with van der Waals surface area (Å²) in [5, 5.41) is 18.6. The number of hydrogen-bond donors (Lipinski definition) is 2. The molecule has 3 aliphatic rings. The number of amides is 1. The molecule has 1 aliphatic carbocycles. The maximum atomic E-state index is 13.0. The molecule has 9 nitrogen and oxygen atoms in total. The fraction of sp³-hybridized carbons (Fsp3) is 0.567. The molecule has 3 fully saturated rings. The van der Waals surface area contributed by atoms with Crippen LogP contribution in [0.25, 0.3) is 22.3 Å². The number of ether oxygens (including phenoxy) is 2. The van der Waals surface area contributed by atoms with E-state index in [1.54, 1.807) is 12.1 Å². The predicted octanol–water partition coefficient (Wildman–Crippen LogP) is 5.33. The van der Waals surface area contributed by atoms with Crippen molar-refractivity contribution in [1.82, 2.24) is 25.0 Å². The summed E-state index contributed by atoms with van der Waals surface area (Å²) in [6, 6.07) is 9.35. The number of carbonyl (C=O) groups excluding carboxylic acids is 1. The fourth-order valence-corrected chi connectivity index (χ4v) is 6.30. The summed E-state index contributed by atoms with van der Waals surface area (Å²) in [6.07, 6.45) is 5.09. The second-order valence-electron chi connectivity index (χ2n) is 12.4. The van der Waals surface area contributed by atoms with Crippen molar-refractivity contribution in [2.45, 2.75) is 83.1 Å². The lowest BCUT2D eigenvalue weighted by molar-refractivity contribution is -0.0769. The second kappa shape index (κ2) is 9.78. The number of H-pyrrole nitrogens is 1. The Kier molecular flexibility index (Phi) is 6.54. The number of rotatable bonds is 4. The molecule has 2 aromatic heterocycles. The Bertz CT molecular complexity index is 1350. The number of nitrogens with zero attached hydrogens (tertiary/aromatic N) is 4. The van der Waals surface area contributed by atoms with Crippen molar-refractivity contribution in [2.75, 3.05) is 26.2 Å². The minimum atomic E-state index is -0.518. The Morgan fingerprint density at radius 1 is 1.21 bits per heavy atom. The molecule has 2 aliphatic heterocycles. The van der Waals surface area contributed by atoms with Gasteiger partial charge in [-0.2, -0.15) is 5.10 Å². The average molecular weight is 534 g/mol. The molecule has 1 amide bonds. The number of aromatic hydroxyl groups is 1. The van der Waals surface area contributed by atoms with Crippen LogP contribution in [0.3, 0.4) is 0 Å². The first-order valence-corrected chi connectivity index (χ1v) is 14.1. The second-order valence-corrected chi connectivity index (χ2v) is 12.4. The Labute approximate surface area is 229 Å². The molecule has 1 spiro atoms. The number of nitrogens with one attached hydrogen (secondary N) is 1. The smallest absolute Gasteiger partial charge is 0.410 e. The lowest BCUT2D eigenvalue weighted by Gasteiger charge is -2.48. The van der Waals surface area contributed by atoms with E-state index < -0.39 is 5.60 Å². The van der Waals surface area contributed by atoms with Gasteiger partial charge in [0.15, 0.2) is 5.65 Å². The summed E-state index contributed by atoms with van der Waals surface area (Å²) in [6.45, 7) is 10.6. The number of phenols is 1. The number of piperazine rings is 1. The van der Waals surface area contributed by atoms with Gasteiger partial charge in [0, 0.05) is 48.4 Å². The maximum Gasteiger partial charge on any atom is 0.410 e. The van der Waals surface area contributed by atoms with Crippen LogP contribution >= 0.6 is 0 Å². The summed E-state index contributed by atoms with van der Waals surface area (Å²) in [5.41, 5.74) is 3.98. The van der Waals surface area contributed by atoms with Crippen LogP contribution in [0.2, 0.25) is 0 Å². The number of hydrogen-bond acceptors (Lipinski definition) is 7. The van der Waals surface area contributed by atoms with E-state index in [1.165, 1.54) is 5.56 Å². The maximum absolute atomic E-state index is 13.0. The molecule has 208 valence electrons. The highest BCUT2D eigenvalue weighted by Gasteiger charge is 2.56. The van der Waals surface area contributed by atoms with Crippen LogP contribution in [-0.4, -0.2) is 79.7 Å².